The number of aryl methyl sites for hydroxylation is 1. The van der Waals surface area contributed by atoms with Gasteiger partial charge in [-0.1, -0.05) is 6.07 Å². The maximum atomic E-state index is 11.8. The van der Waals surface area contributed by atoms with Gasteiger partial charge < -0.3 is 20.0 Å². The fourth-order valence-corrected chi connectivity index (χ4v) is 2.46. The SMILES string of the molecule is COc1cccc2c1c(NC(=O)CSCC(=O)[O-])nn2C. The first kappa shape index (κ1) is 15.2. The number of carbonyl (C=O) groups excluding carboxylic acids is 2. The van der Waals surface area contributed by atoms with E-state index in [9.17, 15) is 14.7 Å². The molecule has 1 N–H and O–H groups in total. The number of amides is 1. The lowest BCUT2D eigenvalue weighted by atomic mass is 10.2. The first-order valence-corrected chi connectivity index (χ1v) is 7.25. The number of aliphatic carboxylic acids is 1. The lowest BCUT2D eigenvalue weighted by Crippen LogP contribution is -2.25. The number of carboxylic acids is 1. The molecule has 21 heavy (non-hydrogen) atoms. The van der Waals surface area contributed by atoms with Gasteiger partial charge in [0.25, 0.3) is 0 Å². The minimum atomic E-state index is -1.20. The Labute approximate surface area is 125 Å². The third-order valence-corrected chi connectivity index (χ3v) is 3.68. The van der Waals surface area contributed by atoms with Crippen LogP contribution < -0.4 is 15.2 Å². The number of ether oxygens (including phenoxy) is 1. The summed E-state index contributed by atoms with van der Waals surface area (Å²) in [6.45, 7) is 0. The number of thioether (sulfide) groups is 1. The summed E-state index contributed by atoms with van der Waals surface area (Å²) in [7, 11) is 3.31. The zero-order valence-electron chi connectivity index (χ0n) is 11.6. The van der Waals surface area contributed by atoms with E-state index in [2.05, 4.69) is 10.4 Å². The van der Waals surface area contributed by atoms with Crippen molar-refractivity contribution in [2.45, 2.75) is 0 Å². The highest BCUT2D eigenvalue weighted by Crippen LogP contribution is 2.31. The molecule has 112 valence electrons. The van der Waals surface area contributed by atoms with Crippen molar-refractivity contribution >= 4 is 40.4 Å². The van der Waals surface area contributed by atoms with E-state index >= 15 is 0 Å². The molecule has 1 aromatic heterocycles. The van der Waals surface area contributed by atoms with Crippen LogP contribution >= 0.6 is 11.8 Å². The van der Waals surface area contributed by atoms with Gasteiger partial charge in [0, 0.05) is 12.8 Å². The van der Waals surface area contributed by atoms with Crippen molar-refractivity contribution in [2.24, 2.45) is 7.05 Å². The van der Waals surface area contributed by atoms with Crippen LogP contribution in [0.3, 0.4) is 0 Å². The summed E-state index contributed by atoms with van der Waals surface area (Å²) in [5.41, 5.74) is 0.826. The number of methoxy groups -OCH3 is 1. The second-order valence-electron chi connectivity index (χ2n) is 4.24. The molecule has 0 atom stereocenters. The number of fused-ring (bicyclic) bond motifs is 1. The minimum Gasteiger partial charge on any atom is -0.549 e. The smallest absolute Gasteiger partial charge is 0.235 e. The Balaban J connectivity index is 2.18. The Morgan fingerprint density at radius 3 is 2.86 bits per heavy atom. The summed E-state index contributed by atoms with van der Waals surface area (Å²) in [5.74, 6) is -0.729. The van der Waals surface area contributed by atoms with Gasteiger partial charge in [0.2, 0.25) is 5.91 Å². The molecule has 0 aliphatic carbocycles. The Bertz CT molecular complexity index is 683. The van der Waals surface area contributed by atoms with Crippen LogP contribution in [0.5, 0.6) is 5.75 Å². The van der Waals surface area contributed by atoms with Gasteiger partial charge in [-0.05, 0) is 12.1 Å². The van der Waals surface area contributed by atoms with E-state index in [-0.39, 0.29) is 17.4 Å². The van der Waals surface area contributed by atoms with Crippen molar-refractivity contribution in [3.05, 3.63) is 18.2 Å². The van der Waals surface area contributed by atoms with Gasteiger partial charge in [0.05, 0.1) is 29.7 Å². The molecule has 2 aromatic rings. The zero-order chi connectivity index (χ0) is 15.4. The van der Waals surface area contributed by atoms with Gasteiger partial charge in [-0.15, -0.1) is 11.8 Å². The lowest BCUT2D eigenvalue weighted by Gasteiger charge is -2.05. The van der Waals surface area contributed by atoms with Crippen LogP contribution in [-0.4, -0.2) is 40.3 Å². The normalized spacial score (nSPS) is 10.6. The molecule has 1 heterocycles. The summed E-state index contributed by atoms with van der Waals surface area (Å²) >= 11 is 0.971. The minimum absolute atomic E-state index is 0.0151. The molecule has 7 nitrogen and oxygen atoms in total. The molecule has 0 saturated carbocycles. The number of hydrogen-bond donors (Lipinski definition) is 1. The van der Waals surface area contributed by atoms with E-state index in [0.717, 1.165) is 17.3 Å². The molecule has 0 aliphatic rings. The van der Waals surface area contributed by atoms with Crippen molar-refractivity contribution in [1.82, 2.24) is 9.78 Å². The predicted octanol–water partition coefficient (Wildman–Crippen LogP) is 0.00350. The second kappa shape index (κ2) is 6.49. The number of aromatic nitrogens is 2. The highest BCUT2D eigenvalue weighted by Gasteiger charge is 2.15. The van der Waals surface area contributed by atoms with Crippen LogP contribution in [0.4, 0.5) is 5.82 Å². The molecule has 2 rings (SSSR count). The lowest BCUT2D eigenvalue weighted by molar-refractivity contribution is -0.301. The summed E-state index contributed by atoms with van der Waals surface area (Å²) in [4.78, 5) is 22.1. The van der Waals surface area contributed by atoms with Crippen molar-refractivity contribution in [2.75, 3.05) is 23.9 Å². The van der Waals surface area contributed by atoms with Crippen molar-refractivity contribution < 1.29 is 19.4 Å². The molecule has 0 unspecified atom stereocenters. The van der Waals surface area contributed by atoms with Crippen LogP contribution in [0.2, 0.25) is 0 Å². The number of benzene rings is 1. The molecular weight excluding hydrogens is 294 g/mol. The molecule has 0 bridgehead atoms. The summed E-state index contributed by atoms with van der Waals surface area (Å²) < 4.78 is 6.92. The van der Waals surface area contributed by atoms with Gasteiger partial charge in [0.1, 0.15) is 5.75 Å². The maximum Gasteiger partial charge on any atom is 0.235 e. The summed E-state index contributed by atoms with van der Waals surface area (Å²) in [6, 6.07) is 5.49. The maximum absolute atomic E-state index is 11.8. The topological polar surface area (TPSA) is 96.3 Å². The molecule has 1 aromatic carbocycles. The number of hydrogen-bond acceptors (Lipinski definition) is 6. The Hall–Kier alpha value is -2.22. The van der Waals surface area contributed by atoms with E-state index in [1.165, 1.54) is 0 Å². The summed E-state index contributed by atoms with van der Waals surface area (Å²) in [5, 5.41) is 17.9. The number of carboxylic acid groups (broad SMARTS) is 1. The molecule has 0 fully saturated rings. The molecule has 0 radical (unpaired) electrons. The van der Waals surface area contributed by atoms with Crippen LogP contribution in [0.15, 0.2) is 18.2 Å². The molecule has 1 amide bonds. The van der Waals surface area contributed by atoms with Gasteiger partial charge in [-0.3, -0.25) is 9.48 Å². The van der Waals surface area contributed by atoms with Crippen molar-refractivity contribution in [1.29, 1.82) is 0 Å². The largest absolute Gasteiger partial charge is 0.549 e. The van der Waals surface area contributed by atoms with Gasteiger partial charge in [0.15, 0.2) is 5.82 Å². The fraction of sp³-hybridized carbons (Fsp3) is 0.308. The van der Waals surface area contributed by atoms with Crippen LogP contribution in [0.1, 0.15) is 0 Å². The Morgan fingerprint density at radius 2 is 2.19 bits per heavy atom. The molecule has 0 saturated heterocycles. The second-order valence-corrected chi connectivity index (χ2v) is 5.23. The van der Waals surface area contributed by atoms with Crippen LogP contribution in [0, 0.1) is 0 Å². The number of nitrogens with zero attached hydrogens (tertiary/aromatic N) is 2. The van der Waals surface area contributed by atoms with Crippen molar-refractivity contribution in [3.8, 4) is 5.75 Å². The summed E-state index contributed by atoms with van der Waals surface area (Å²) in [6.07, 6.45) is 0. The van der Waals surface area contributed by atoms with Gasteiger partial charge >= 0.3 is 0 Å². The van der Waals surface area contributed by atoms with Crippen LogP contribution in [0.25, 0.3) is 10.9 Å². The highest BCUT2D eigenvalue weighted by atomic mass is 32.2. The van der Waals surface area contributed by atoms with E-state index in [1.807, 2.05) is 12.1 Å². The fourth-order valence-electron chi connectivity index (χ4n) is 1.93. The third kappa shape index (κ3) is 3.46. The number of carbonyl (C=O) groups is 2. The quantitative estimate of drug-likeness (QED) is 0.807. The number of rotatable bonds is 6. The number of nitrogens with one attached hydrogen (secondary N) is 1. The molecule has 8 heteroatoms. The van der Waals surface area contributed by atoms with Crippen LogP contribution in [-0.2, 0) is 16.6 Å². The van der Waals surface area contributed by atoms with E-state index < -0.39 is 5.97 Å². The monoisotopic (exact) mass is 308 g/mol. The Morgan fingerprint density at radius 1 is 1.43 bits per heavy atom. The first-order chi connectivity index (χ1) is 10.0. The zero-order valence-corrected chi connectivity index (χ0v) is 12.4. The van der Waals surface area contributed by atoms with E-state index in [4.69, 9.17) is 4.74 Å². The van der Waals surface area contributed by atoms with Crippen molar-refractivity contribution in [3.63, 3.8) is 0 Å². The third-order valence-electron chi connectivity index (χ3n) is 2.77. The average Bonchev–Trinajstić information content (AvgIpc) is 2.75. The molecule has 0 spiro atoms. The van der Waals surface area contributed by atoms with E-state index in [0.29, 0.717) is 17.0 Å². The Kier molecular flexibility index (Phi) is 4.69. The van der Waals surface area contributed by atoms with Gasteiger partial charge in [-0.25, -0.2) is 0 Å². The average molecular weight is 308 g/mol. The predicted molar refractivity (Wildman–Crippen MR) is 78.2 cm³/mol. The standard InChI is InChI=1S/C13H15N3O4S/c1-16-8-4-3-5-9(20-2)12(8)13(15-16)14-10(17)6-21-7-11(18)19/h3-5H,6-7H2,1-2H3,(H,18,19)(H,14,15,17)/p-1. The van der Waals surface area contributed by atoms with Gasteiger partial charge in [-0.2, -0.15) is 5.10 Å². The molecular formula is C13H14N3O4S-. The molecule has 0 aliphatic heterocycles. The number of anilines is 1. The first-order valence-electron chi connectivity index (χ1n) is 6.10. The van der Waals surface area contributed by atoms with E-state index in [1.54, 1.807) is 24.9 Å². The highest BCUT2D eigenvalue weighted by molar-refractivity contribution is 8.00.